The number of nitrogens with zero attached hydrogens (tertiary/aromatic N) is 1. The topological polar surface area (TPSA) is 51.2 Å². The van der Waals surface area contributed by atoms with Gasteiger partial charge in [0.2, 0.25) is 0 Å². The van der Waals surface area contributed by atoms with Crippen molar-refractivity contribution < 1.29 is 8.83 Å². The maximum Gasteiger partial charge on any atom is 0.181 e. The summed E-state index contributed by atoms with van der Waals surface area (Å²) in [5.41, 5.74) is 1.90. The summed E-state index contributed by atoms with van der Waals surface area (Å²) in [6.45, 7) is 7.96. The Kier molecular flexibility index (Phi) is 3.64. The van der Waals surface area contributed by atoms with Crippen LogP contribution in [0.1, 0.15) is 25.3 Å². The lowest BCUT2D eigenvalue weighted by molar-refractivity contribution is 0.528. The molecular weight excluding hydrogens is 216 g/mol. The van der Waals surface area contributed by atoms with E-state index >= 15 is 0 Å². The van der Waals surface area contributed by atoms with Crippen molar-refractivity contribution >= 4 is 0 Å². The van der Waals surface area contributed by atoms with Crippen molar-refractivity contribution in [2.24, 2.45) is 5.92 Å². The summed E-state index contributed by atoms with van der Waals surface area (Å²) in [5, 5.41) is 3.36. The highest BCUT2D eigenvalue weighted by Crippen LogP contribution is 2.27. The fraction of sp³-hybridized carbons (Fsp3) is 0.462. The van der Waals surface area contributed by atoms with E-state index in [0.29, 0.717) is 12.5 Å². The largest absolute Gasteiger partial charge is 0.469 e. The second-order valence-corrected chi connectivity index (χ2v) is 4.54. The third-order valence-corrected chi connectivity index (χ3v) is 2.59. The lowest BCUT2D eigenvalue weighted by atomic mass is 10.1. The van der Waals surface area contributed by atoms with Gasteiger partial charge in [0, 0.05) is 6.54 Å². The van der Waals surface area contributed by atoms with Gasteiger partial charge >= 0.3 is 0 Å². The van der Waals surface area contributed by atoms with Crippen molar-refractivity contribution in [1.82, 2.24) is 10.3 Å². The lowest BCUT2D eigenvalue weighted by Gasteiger charge is -2.06. The van der Waals surface area contributed by atoms with Crippen LogP contribution in [0.4, 0.5) is 0 Å². The van der Waals surface area contributed by atoms with Gasteiger partial charge in [0.25, 0.3) is 0 Å². The molecule has 0 atom stereocenters. The van der Waals surface area contributed by atoms with E-state index in [0.717, 1.165) is 29.3 Å². The molecule has 1 N–H and O–H groups in total. The molecule has 2 aromatic heterocycles. The SMILES string of the molecule is Cc1occc1-c1ocnc1CNCC(C)C. The average molecular weight is 234 g/mol. The van der Waals surface area contributed by atoms with Crippen molar-refractivity contribution in [3.63, 3.8) is 0 Å². The van der Waals surface area contributed by atoms with E-state index < -0.39 is 0 Å². The minimum absolute atomic E-state index is 0.626. The third-order valence-electron chi connectivity index (χ3n) is 2.59. The monoisotopic (exact) mass is 234 g/mol. The summed E-state index contributed by atoms with van der Waals surface area (Å²) in [5.74, 6) is 2.28. The van der Waals surface area contributed by atoms with Gasteiger partial charge < -0.3 is 14.2 Å². The standard InChI is InChI=1S/C13H18N2O2/c1-9(2)6-14-7-12-13(17-8-15-12)11-4-5-16-10(11)3/h4-5,8-9,14H,6-7H2,1-3H3. The minimum Gasteiger partial charge on any atom is -0.469 e. The number of rotatable bonds is 5. The van der Waals surface area contributed by atoms with E-state index in [-0.39, 0.29) is 0 Å². The summed E-state index contributed by atoms with van der Waals surface area (Å²) >= 11 is 0. The second kappa shape index (κ2) is 5.19. The molecule has 0 radical (unpaired) electrons. The van der Waals surface area contributed by atoms with Gasteiger partial charge in [-0.1, -0.05) is 13.8 Å². The van der Waals surface area contributed by atoms with Crippen LogP contribution >= 0.6 is 0 Å². The van der Waals surface area contributed by atoms with Crippen LogP contribution in [-0.2, 0) is 6.54 Å². The predicted molar refractivity (Wildman–Crippen MR) is 65.5 cm³/mol. The van der Waals surface area contributed by atoms with E-state index in [9.17, 15) is 0 Å². The second-order valence-electron chi connectivity index (χ2n) is 4.54. The molecule has 0 amide bonds. The molecule has 2 heterocycles. The summed E-state index contributed by atoms with van der Waals surface area (Å²) < 4.78 is 10.7. The van der Waals surface area contributed by atoms with Gasteiger partial charge in [0.15, 0.2) is 12.2 Å². The highest BCUT2D eigenvalue weighted by atomic mass is 16.3. The lowest BCUT2D eigenvalue weighted by Crippen LogP contribution is -2.19. The number of hydrogen-bond acceptors (Lipinski definition) is 4. The van der Waals surface area contributed by atoms with Crippen LogP contribution < -0.4 is 5.32 Å². The van der Waals surface area contributed by atoms with Crippen molar-refractivity contribution in [3.05, 3.63) is 30.2 Å². The summed E-state index contributed by atoms with van der Waals surface area (Å²) in [7, 11) is 0. The maximum atomic E-state index is 5.44. The van der Waals surface area contributed by atoms with Crippen LogP contribution in [0.15, 0.2) is 27.6 Å². The molecule has 0 saturated heterocycles. The van der Waals surface area contributed by atoms with E-state index in [1.165, 1.54) is 6.39 Å². The van der Waals surface area contributed by atoms with Crippen LogP contribution in [0.5, 0.6) is 0 Å². The van der Waals surface area contributed by atoms with Crippen LogP contribution in [0.25, 0.3) is 11.3 Å². The first-order valence-electron chi connectivity index (χ1n) is 5.86. The van der Waals surface area contributed by atoms with Gasteiger partial charge in [-0.2, -0.15) is 0 Å². The van der Waals surface area contributed by atoms with Gasteiger partial charge in [-0.15, -0.1) is 0 Å². The molecule has 0 aliphatic rings. The molecule has 0 bridgehead atoms. The quantitative estimate of drug-likeness (QED) is 0.864. The molecule has 2 aromatic rings. The van der Waals surface area contributed by atoms with Crippen LogP contribution in [-0.4, -0.2) is 11.5 Å². The Hall–Kier alpha value is -1.55. The molecule has 0 aromatic carbocycles. The Labute approximate surface area is 101 Å². The number of hydrogen-bond donors (Lipinski definition) is 1. The Balaban J connectivity index is 2.10. The highest BCUT2D eigenvalue weighted by molar-refractivity contribution is 5.61. The number of nitrogens with one attached hydrogen (secondary N) is 1. The molecule has 17 heavy (non-hydrogen) atoms. The van der Waals surface area contributed by atoms with E-state index in [1.807, 2.05) is 13.0 Å². The summed E-state index contributed by atoms with van der Waals surface area (Å²) in [6, 6.07) is 1.90. The van der Waals surface area contributed by atoms with Crippen molar-refractivity contribution in [3.8, 4) is 11.3 Å². The smallest absolute Gasteiger partial charge is 0.181 e. The average Bonchev–Trinajstić information content (AvgIpc) is 2.86. The summed E-state index contributed by atoms with van der Waals surface area (Å²) in [4.78, 5) is 4.24. The van der Waals surface area contributed by atoms with Crippen LogP contribution in [0.2, 0.25) is 0 Å². The number of aromatic nitrogens is 1. The molecule has 4 nitrogen and oxygen atoms in total. The fourth-order valence-electron chi connectivity index (χ4n) is 1.71. The molecule has 2 rings (SSSR count). The molecular formula is C13H18N2O2. The maximum absolute atomic E-state index is 5.44. The molecule has 0 aliphatic heterocycles. The minimum atomic E-state index is 0.626. The number of furan rings is 1. The molecule has 4 heteroatoms. The first kappa shape index (κ1) is 11.9. The fourth-order valence-corrected chi connectivity index (χ4v) is 1.71. The number of aryl methyl sites for hydroxylation is 1. The zero-order valence-electron chi connectivity index (χ0n) is 10.5. The first-order valence-corrected chi connectivity index (χ1v) is 5.86. The van der Waals surface area contributed by atoms with Crippen molar-refractivity contribution in [1.29, 1.82) is 0 Å². The zero-order valence-corrected chi connectivity index (χ0v) is 10.5. The number of oxazole rings is 1. The Bertz CT molecular complexity index is 471. The van der Waals surface area contributed by atoms with Crippen LogP contribution in [0.3, 0.4) is 0 Å². The van der Waals surface area contributed by atoms with Gasteiger partial charge in [0.1, 0.15) is 11.5 Å². The Morgan fingerprint density at radius 3 is 2.82 bits per heavy atom. The molecule has 0 unspecified atom stereocenters. The van der Waals surface area contributed by atoms with E-state index in [4.69, 9.17) is 8.83 Å². The van der Waals surface area contributed by atoms with Gasteiger partial charge in [-0.25, -0.2) is 4.98 Å². The molecule has 92 valence electrons. The van der Waals surface area contributed by atoms with Crippen molar-refractivity contribution in [2.75, 3.05) is 6.54 Å². The molecule has 0 fully saturated rings. The summed E-state index contributed by atoms with van der Waals surface area (Å²) in [6.07, 6.45) is 3.15. The molecule has 0 aliphatic carbocycles. The first-order chi connectivity index (χ1) is 8.18. The molecule has 0 spiro atoms. The zero-order chi connectivity index (χ0) is 12.3. The van der Waals surface area contributed by atoms with Gasteiger partial charge in [0.05, 0.1) is 11.8 Å². The normalized spacial score (nSPS) is 11.3. The Morgan fingerprint density at radius 1 is 1.35 bits per heavy atom. The van der Waals surface area contributed by atoms with Gasteiger partial charge in [-0.3, -0.25) is 0 Å². The predicted octanol–water partition coefficient (Wildman–Crippen LogP) is 2.99. The van der Waals surface area contributed by atoms with Gasteiger partial charge in [-0.05, 0) is 25.5 Å². The highest BCUT2D eigenvalue weighted by Gasteiger charge is 2.14. The third kappa shape index (κ3) is 2.77. The Morgan fingerprint density at radius 2 is 2.18 bits per heavy atom. The van der Waals surface area contributed by atoms with E-state index in [2.05, 4.69) is 24.1 Å². The van der Waals surface area contributed by atoms with Crippen molar-refractivity contribution in [2.45, 2.75) is 27.3 Å². The molecule has 0 saturated carbocycles. The van der Waals surface area contributed by atoms with Crippen LogP contribution in [0, 0.1) is 12.8 Å². The van der Waals surface area contributed by atoms with E-state index in [1.54, 1.807) is 6.26 Å².